The van der Waals surface area contributed by atoms with E-state index in [9.17, 15) is 19.5 Å². The van der Waals surface area contributed by atoms with Crippen LogP contribution in [0.1, 0.15) is 26.2 Å². The van der Waals surface area contributed by atoms with E-state index in [2.05, 4.69) is 5.32 Å². The van der Waals surface area contributed by atoms with Gasteiger partial charge in [-0.15, -0.1) is 0 Å². The molecular weight excluding hydrogens is 264 g/mol. The zero-order chi connectivity index (χ0) is 14.8. The van der Waals surface area contributed by atoms with Crippen LogP contribution in [0.4, 0.5) is 0 Å². The Morgan fingerprint density at radius 2 is 2.15 bits per heavy atom. The normalized spacial score (nSPS) is 30.1. The summed E-state index contributed by atoms with van der Waals surface area (Å²) < 4.78 is 5.11. The van der Waals surface area contributed by atoms with Crippen LogP contribution in [-0.2, 0) is 19.1 Å². The van der Waals surface area contributed by atoms with Gasteiger partial charge in [0.1, 0.15) is 0 Å². The lowest BCUT2D eigenvalue weighted by Crippen LogP contribution is -2.58. The number of carboxylic acid groups (broad SMARTS) is 1. The van der Waals surface area contributed by atoms with Crippen molar-refractivity contribution in [1.29, 1.82) is 0 Å². The summed E-state index contributed by atoms with van der Waals surface area (Å²) in [6.45, 7) is 2.82. The molecule has 2 aliphatic rings. The molecule has 0 bridgehead atoms. The van der Waals surface area contributed by atoms with Crippen LogP contribution in [0.25, 0.3) is 0 Å². The lowest BCUT2D eigenvalue weighted by Gasteiger charge is -2.33. The summed E-state index contributed by atoms with van der Waals surface area (Å²) in [7, 11) is 0. The highest BCUT2D eigenvalue weighted by Gasteiger charge is 2.45. The molecule has 2 fully saturated rings. The smallest absolute Gasteiger partial charge is 0.331 e. The Bertz CT molecular complexity index is 417. The summed E-state index contributed by atoms with van der Waals surface area (Å²) in [5.74, 6) is -1.77. The number of likely N-dealkylation sites (tertiary alicyclic amines) is 1. The second-order valence-electron chi connectivity index (χ2n) is 5.48. The molecule has 20 heavy (non-hydrogen) atoms. The molecule has 0 aromatic carbocycles. The molecular formula is C13H20N2O5. The topological polar surface area (TPSA) is 95.9 Å². The minimum absolute atomic E-state index is 0.00276. The molecule has 0 aliphatic carbocycles. The molecule has 7 heteroatoms. The molecule has 2 amide bonds. The number of carbonyl (C=O) groups is 3. The van der Waals surface area contributed by atoms with E-state index in [-0.39, 0.29) is 30.8 Å². The van der Waals surface area contributed by atoms with Gasteiger partial charge in [-0.25, -0.2) is 4.79 Å². The third-order valence-electron chi connectivity index (χ3n) is 4.03. The summed E-state index contributed by atoms with van der Waals surface area (Å²) in [6.07, 6.45) is 1.71. The van der Waals surface area contributed by atoms with Crippen LogP contribution in [0.2, 0.25) is 0 Å². The molecule has 0 radical (unpaired) electrons. The van der Waals surface area contributed by atoms with Gasteiger partial charge in [-0.2, -0.15) is 0 Å². The van der Waals surface area contributed by atoms with E-state index in [0.29, 0.717) is 26.1 Å². The lowest BCUT2D eigenvalue weighted by atomic mass is 9.93. The summed E-state index contributed by atoms with van der Waals surface area (Å²) in [5.41, 5.74) is -1.31. The summed E-state index contributed by atoms with van der Waals surface area (Å²) in [6, 6.07) is 0. The highest BCUT2D eigenvalue weighted by Crippen LogP contribution is 2.22. The first-order chi connectivity index (χ1) is 9.44. The predicted octanol–water partition coefficient (Wildman–Crippen LogP) is -0.395. The predicted molar refractivity (Wildman–Crippen MR) is 68.9 cm³/mol. The van der Waals surface area contributed by atoms with Crippen LogP contribution in [0.3, 0.4) is 0 Å². The van der Waals surface area contributed by atoms with Crippen molar-refractivity contribution in [3.05, 3.63) is 0 Å². The van der Waals surface area contributed by atoms with Gasteiger partial charge >= 0.3 is 5.97 Å². The molecule has 2 saturated heterocycles. The van der Waals surface area contributed by atoms with Crippen LogP contribution >= 0.6 is 0 Å². The van der Waals surface area contributed by atoms with E-state index in [1.165, 1.54) is 6.92 Å². The molecule has 2 atom stereocenters. The van der Waals surface area contributed by atoms with Crippen molar-refractivity contribution >= 4 is 17.8 Å². The van der Waals surface area contributed by atoms with Gasteiger partial charge in [-0.3, -0.25) is 9.59 Å². The number of aliphatic carboxylic acids is 1. The second-order valence-corrected chi connectivity index (χ2v) is 5.48. The van der Waals surface area contributed by atoms with Gasteiger partial charge in [0.25, 0.3) is 0 Å². The number of hydrogen-bond acceptors (Lipinski definition) is 4. The monoisotopic (exact) mass is 284 g/mol. The highest BCUT2D eigenvalue weighted by atomic mass is 16.5. The van der Waals surface area contributed by atoms with E-state index in [1.807, 2.05) is 0 Å². The molecule has 2 unspecified atom stereocenters. The van der Waals surface area contributed by atoms with Crippen molar-refractivity contribution < 1.29 is 24.2 Å². The van der Waals surface area contributed by atoms with Crippen molar-refractivity contribution in [3.8, 4) is 0 Å². The van der Waals surface area contributed by atoms with Crippen molar-refractivity contribution in [1.82, 2.24) is 10.2 Å². The Morgan fingerprint density at radius 1 is 1.40 bits per heavy atom. The van der Waals surface area contributed by atoms with Crippen molar-refractivity contribution in [3.63, 3.8) is 0 Å². The summed E-state index contributed by atoms with van der Waals surface area (Å²) in [5, 5.41) is 11.9. The number of rotatable bonds is 3. The van der Waals surface area contributed by atoms with Crippen LogP contribution in [0.5, 0.6) is 0 Å². The van der Waals surface area contributed by atoms with Crippen molar-refractivity contribution in [2.45, 2.75) is 31.7 Å². The average molecular weight is 284 g/mol. The standard InChI is InChI=1S/C13H20N2O5/c1-9(16)15-5-2-3-10(7-15)11(17)14-13(12(18)19)4-6-20-8-13/h10H,2-8H2,1H3,(H,14,17)(H,18,19). The van der Waals surface area contributed by atoms with Gasteiger partial charge in [0, 0.05) is 33.0 Å². The first kappa shape index (κ1) is 14.8. The number of piperidine rings is 1. The lowest BCUT2D eigenvalue weighted by molar-refractivity contribution is -0.149. The fourth-order valence-electron chi connectivity index (χ4n) is 2.70. The van der Waals surface area contributed by atoms with Crippen molar-refractivity contribution in [2.24, 2.45) is 5.92 Å². The van der Waals surface area contributed by atoms with E-state index in [4.69, 9.17) is 4.74 Å². The number of carbonyl (C=O) groups excluding carboxylic acids is 2. The number of ether oxygens (including phenoxy) is 1. The van der Waals surface area contributed by atoms with Crippen LogP contribution in [-0.4, -0.2) is 59.6 Å². The third kappa shape index (κ3) is 2.92. The SMILES string of the molecule is CC(=O)N1CCCC(C(=O)NC2(C(=O)O)CCOC2)C1. The Balaban J connectivity index is 2.00. The molecule has 0 aromatic heterocycles. The van der Waals surface area contributed by atoms with Crippen LogP contribution in [0.15, 0.2) is 0 Å². The Kier molecular flexibility index (Phi) is 4.27. The largest absolute Gasteiger partial charge is 0.479 e. The molecule has 2 rings (SSSR count). The van der Waals surface area contributed by atoms with E-state index < -0.39 is 11.5 Å². The molecule has 0 saturated carbocycles. The van der Waals surface area contributed by atoms with Gasteiger partial charge in [-0.1, -0.05) is 0 Å². The highest BCUT2D eigenvalue weighted by molar-refractivity contribution is 5.89. The van der Waals surface area contributed by atoms with Crippen LogP contribution < -0.4 is 5.32 Å². The number of nitrogens with one attached hydrogen (secondary N) is 1. The number of carboxylic acids is 1. The molecule has 0 spiro atoms. The van der Waals surface area contributed by atoms with Gasteiger partial charge < -0.3 is 20.1 Å². The maximum Gasteiger partial charge on any atom is 0.331 e. The number of hydrogen-bond donors (Lipinski definition) is 2. The summed E-state index contributed by atoms with van der Waals surface area (Å²) in [4.78, 5) is 36.6. The maximum absolute atomic E-state index is 12.3. The Hall–Kier alpha value is -1.63. The molecule has 2 heterocycles. The zero-order valence-electron chi connectivity index (χ0n) is 11.6. The van der Waals surface area contributed by atoms with Crippen LogP contribution in [0, 0.1) is 5.92 Å². The molecule has 2 aliphatic heterocycles. The first-order valence-electron chi connectivity index (χ1n) is 6.83. The second kappa shape index (κ2) is 5.78. The minimum atomic E-state index is -1.31. The van der Waals surface area contributed by atoms with Gasteiger partial charge in [0.2, 0.25) is 11.8 Å². The van der Waals surface area contributed by atoms with E-state index >= 15 is 0 Å². The number of nitrogens with zero attached hydrogens (tertiary/aromatic N) is 1. The third-order valence-corrected chi connectivity index (χ3v) is 4.03. The first-order valence-corrected chi connectivity index (χ1v) is 6.83. The quantitative estimate of drug-likeness (QED) is 0.735. The van der Waals surface area contributed by atoms with E-state index in [1.54, 1.807) is 4.90 Å². The van der Waals surface area contributed by atoms with E-state index in [0.717, 1.165) is 6.42 Å². The molecule has 0 aromatic rings. The summed E-state index contributed by atoms with van der Waals surface area (Å²) >= 11 is 0. The van der Waals surface area contributed by atoms with Gasteiger partial charge in [-0.05, 0) is 12.8 Å². The fraction of sp³-hybridized carbons (Fsp3) is 0.769. The zero-order valence-corrected chi connectivity index (χ0v) is 11.6. The maximum atomic E-state index is 12.3. The molecule has 7 nitrogen and oxygen atoms in total. The Labute approximate surface area is 117 Å². The Morgan fingerprint density at radius 3 is 2.70 bits per heavy atom. The fourth-order valence-corrected chi connectivity index (χ4v) is 2.70. The van der Waals surface area contributed by atoms with Gasteiger partial charge in [0.15, 0.2) is 5.54 Å². The minimum Gasteiger partial charge on any atom is -0.479 e. The molecule has 2 N–H and O–H groups in total. The average Bonchev–Trinajstić information content (AvgIpc) is 2.88. The van der Waals surface area contributed by atoms with Gasteiger partial charge in [0.05, 0.1) is 12.5 Å². The number of amides is 2. The van der Waals surface area contributed by atoms with Crippen molar-refractivity contribution in [2.75, 3.05) is 26.3 Å². The molecule has 112 valence electrons.